The number of urea groups is 1. The molecule has 1 aliphatic heterocycles. The Morgan fingerprint density at radius 1 is 1.30 bits per heavy atom. The van der Waals surface area contributed by atoms with Crippen LogP contribution in [0.3, 0.4) is 0 Å². The number of aliphatic hydroxyl groups excluding tert-OH is 3. The lowest BCUT2D eigenvalue weighted by Crippen LogP contribution is -2.33. The van der Waals surface area contributed by atoms with Gasteiger partial charge in [0.25, 0.3) is 0 Å². The fourth-order valence-electron chi connectivity index (χ4n) is 2.92. The smallest absolute Gasteiger partial charge is 0.332 e. The Kier molecular flexibility index (Phi) is 5.82. The van der Waals surface area contributed by atoms with Crippen LogP contribution in [-0.2, 0) is 4.74 Å². The molecule has 1 saturated heterocycles. The second-order valence-electron chi connectivity index (χ2n) is 5.82. The number of nitrogens with one attached hydrogen (secondary N) is 1. The Morgan fingerprint density at radius 3 is 2.56 bits per heavy atom. The zero-order valence-corrected chi connectivity index (χ0v) is 15.8. The maximum absolute atomic E-state index is 10.8. The molecule has 2 aromatic rings. The molecule has 0 aliphatic carbocycles. The molecule has 2 heterocycles. The Balaban J connectivity index is 2.18. The normalized spacial score (nSPS) is 25.6. The number of carbonyl (C=O) groups excluding carboxylic acids is 1. The fraction of sp³-hybridized carbons (Fsp3) is 0.333. The van der Waals surface area contributed by atoms with Crippen molar-refractivity contribution in [2.45, 2.75) is 24.5 Å². The zero-order valence-electron chi connectivity index (χ0n) is 13.5. The number of rotatable bonds is 4. The number of primary amides is 1. The molecule has 0 bridgehead atoms. The van der Waals surface area contributed by atoms with Gasteiger partial charge in [-0.15, -0.1) is 0 Å². The first-order valence-electron chi connectivity index (χ1n) is 7.65. The monoisotopic (exact) mass is 436 g/mol. The van der Waals surface area contributed by atoms with Gasteiger partial charge >= 0.3 is 6.03 Å². The molecule has 27 heavy (non-hydrogen) atoms. The highest BCUT2D eigenvalue weighted by Crippen LogP contribution is 2.40. The van der Waals surface area contributed by atoms with E-state index >= 15 is 0 Å². The number of hydrogen-bond donors (Lipinski definition) is 5. The van der Waals surface area contributed by atoms with Crippen LogP contribution in [0.25, 0.3) is 10.9 Å². The van der Waals surface area contributed by atoms with Crippen molar-refractivity contribution < 1.29 is 24.9 Å². The number of benzene rings is 1. The molecule has 4 atom stereocenters. The van der Waals surface area contributed by atoms with E-state index in [1.807, 2.05) is 0 Å². The summed E-state index contributed by atoms with van der Waals surface area (Å²) < 4.78 is 6.95. The summed E-state index contributed by atoms with van der Waals surface area (Å²) in [7, 11) is 0. The van der Waals surface area contributed by atoms with Gasteiger partial charge in [0.05, 0.1) is 28.4 Å². The molecule has 146 valence electrons. The summed E-state index contributed by atoms with van der Waals surface area (Å²) in [5, 5.41) is 34.4. The standard InChI is InChI=1S/C15H15Cl3N4O5/c16-7-1-5-6(3-20-21-15(19)26)13(18)22(9(5)2-8(7)17)14-12(25)11(24)10(4-23)27-14/h1-3,10-12,14,23-25H,4H2,(H3,19,21,26)/b20-3+/t10-,11-,12-,14-/m1/s1. The van der Waals surface area contributed by atoms with Gasteiger partial charge in [-0.25, -0.2) is 10.2 Å². The van der Waals surface area contributed by atoms with E-state index < -0.39 is 37.2 Å². The number of hydrazone groups is 1. The minimum Gasteiger partial charge on any atom is -0.394 e. The van der Waals surface area contributed by atoms with Crippen LogP contribution in [0.1, 0.15) is 11.8 Å². The van der Waals surface area contributed by atoms with E-state index in [0.717, 1.165) is 0 Å². The fourth-order valence-corrected chi connectivity index (χ4v) is 3.58. The van der Waals surface area contributed by atoms with Crippen molar-refractivity contribution >= 4 is 58.0 Å². The van der Waals surface area contributed by atoms with Crippen LogP contribution in [0.2, 0.25) is 15.2 Å². The van der Waals surface area contributed by atoms with E-state index in [1.54, 1.807) is 0 Å². The Hall–Kier alpha value is -1.59. The molecule has 0 spiro atoms. The van der Waals surface area contributed by atoms with Crippen molar-refractivity contribution in [3.8, 4) is 0 Å². The van der Waals surface area contributed by atoms with Gasteiger partial charge in [0, 0.05) is 10.9 Å². The first kappa shape index (κ1) is 20.2. The van der Waals surface area contributed by atoms with E-state index in [4.69, 9.17) is 45.3 Å². The van der Waals surface area contributed by atoms with Crippen LogP contribution in [0.15, 0.2) is 17.2 Å². The third kappa shape index (κ3) is 3.59. The summed E-state index contributed by atoms with van der Waals surface area (Å²) in [4.78, 5) is 10.8. The summed E-state index contributed by atoms with van der Waals surface area (Å²) in [6.45, 7) is -0.491. The van der Waals surface area contributed by atoms with Crippen LogP contribution >= 0.6 is 34.8 Å². The molecular weight excluding hydrogens is 423 g/mol. The van der Waals surface area contributed by atoms with E-state index in [2.05, 4.69) is 10.5 Å². The highest BCUT2D eigenvalue weighted by atomic mass is 35.5. The summed E-state index contributed by atoms with van der Waals surface area (Å²) in [6.07, 6.45) is -3.52. The average Bonchev–Trinajstić information content (AvgIpc) is 3.03. The highest BCUT2D eigenvalue weighted by Gasteiger charge is 2.44. The van der Waals surface area contributed by atoms with Gasteiger partial charge in [-0.05, 0) is 12.1 Å². The van der Waals surface area contributed by atoms with E-state index in [-0.39, 0.29) is 15.2 Å². The first-order valence-corrected chi connectivity index (χ1v) is 8.79. The molecule has 1 aromatic heterocycles. The van der Waals surface area contributed by atoms with Crippen molar-refractivity contribution in [3.05, 3.63) is 32.9 Å². The van der Waals surface area contributed by atoms with Crippen molar-refractivity contribution in [3.63, 3.8) is 0 Å². The first-order chi connectivity index (χ1) is 12.8. The zero-order chi connectivity index (χ0) is 19.9. The minimum absolute atomic E-state index is 0.0770. The molecule has 2 amide bonds. The van der Waals surface area contributed by atoms with Crippen LogP contribution in [-0.4, -0.2) is 57.1 Å². The van der Waals surface area contributed by atoms with Crippen LogP contribution in [0.4, 0.5) is 4.79 Å². The largest absolute Gasteiger partial charge is 0.394 e. The summed E-state index contributed by atoms with van der Waals surface area (Å²) in [5.41, 5.74) is 7.80. The van der Waals surface area contributed by atoms with Crippen molar-refractivity contribution in [1.29, 1.82) is 0 Å². The minimum atomic E-state index is -1.36. The Morgan fingerprint density at radius 2 is 1.96 bits per heavy atom. The molecule has 9 nitrogen and oxygen atoms in total. The SMILES string of the molecule is NC(=O)N/N=C/c1c(Cl)n([C@@H]2O[C@H](CO)[C@@H](O)[C@H]2O)c2cc(Cl)c(Cl)cc12. The molecule has 1 aliphatic rings. The molecule has 0 unspecified atom stereocenters. The third-order valence-corrected chi connectivity index (χ3v) is 5.27. The van der Waals surface area contributed by atoms with Gasteiger partial charge in [-0.2, -0.15) is 5.10 Å². The third-order valence-electron chi connectivity index (χ3n) is 4.16. The van der Waals surface area contributed by atoms with Gasteiger partial charge in [-0.1, -0.05) is 34.8 Å². The molecule has 0 saturated carbocycles. The maximum atomic E-state index is 10.8. The Labute approximate surface area is 167 Å². The highest BCUT2D eigenvalue weighted by molar-refractivity contribution is 6.43. The van der Waals surface area contributed by atoms with Gasteiger partial charge in [0.2, 0.25) is 0 Å². The lowest BCUT2D eigenvalue weighted by molar-refractivity contribution is -0.0505. The van der Waals surface area contributed by atoms with E-state index in [9.17, 15) is 20.1 Å². The van der Waals surface area contributed by atoms with Gasteiger partial charge in [-0.3, -0.25) is 0 Å². The topological polar surface area (TPSA) is 142 Å². The second kappa shape index (κ2) is 7.80. The molecule has 1 aromatic carbocycles. The second-order valence-corrected chi connectivity index (χ2v) is 6.99. The summed E-state index contributed by atoms with van der Waals surface area (Å²) in [6, 6.07) is 2.18. The van der Waals surface area contributed by atoms with Gasteiger partial charge in [0.15, 0.2) is 6.23 Å². The number of halogens is 3. The number of carbonyl (C=O) groups is 1. The molecule has 12 heteroatoms. The van der Waals surface area contributed by atoms with Crippen molar-refractivity contribution in [1.82, 2.24) is 9.99 Å². The Bertz CT molecular complexity index is 919. The number of ether oxygens (including phenoxy) is 1. The van der Waals surface area contributed by atoms with Crippen LogP contribution in [0, 0.1) is 0 Å². The average molecular weight is 438 g/mol. The number of aromatic nitrogens is 1. The quantitative estimate of drug-likeness (QED) is 0.361. The van der Waals surface area contributed by atoms with Crippen LogP contribution in [0.5, 0.6) is 0 Å². The predicted molar refractivity (Wildman–Crippen MR) is 100 cm³/mol. The lowest BCUT2D eigenvalue weighted by Gasteiger charge is -2.19. The molecule has 6 N–H and O–H groups in total. The number of amides is 2. The molecule has 1 fully saturated rings. The lowest BCUT2D eigenvalue weighted by atomic mass is 10.1. The van der Waals surface area contributed by atoms with Gasteiger partial charge < -0.3 is 30.4 Å². The molecular formula is C15H15Cl3N4O5. The summed E-state index contributed by atoms with van der Waals surface area (Å²) in [5.74, 6) is 0. The summed E-state index contributed by atoms with van der Waals surface area (Å²) >= 11 is 18.7. The number of hydrogen-bond acceptors (Lipinski definition) is 6. The van der Waals surface area contributed by atoms with Crippen molar-refractivity contribution in [2.75, 3.05) is 6.61 Å². The number of fused-ring (bicyclic) bond motifs is 1. The van der Waals surface area contributed by atoms with Crippen molar-refractivity contribution in [2.24, 2.45) is 10.8 Å². The molecule has 0 radical (unpaired) electrons. The van der Waals surface area contributed by atoms with E-state index in [0.29, 0.717) is 16.5 Å². The number of aliphatic hydroxyl groups is 3. The predicted octanol–water partition coefficient (Wildman–Crippen LogP) is 1.22. The number of nitrogens with two attached hydrogens (primary N) is 1. The molecule has 3 rings (SSSR count). The van der Waals surface area contributed by atoms with Crippen LogP contribution < -0.4 is 11.2 Å². The van der Waals surface area contributed by atoms with Gasteiger partial charge in [0.1, 0.15) is 23.5 Å². The number of nitrogens with zero attached hydrogens (tertiary/aromatic N) is 2. The maximum Gasteiger partial charge on any atom is 0.332 e. The van der Waals surface area contributed by atoms with E-state index in [1.165, 1.54) is 22.9 Å².